The lowest BCUT2D eigenvalue weighted by Crippen LogP contribution is -2.59. The number of morpholine rings is 2. The van der Waals surface area contributed by atoms with Crippen molar-refractivity contribution in [2.75, 3.05) is 59.7 Å². The molecule has 3 aliphatic heterocycles. The molecule has 3 heterocycles. The van der Waals surface area contributed by atoms with Crippen LogP contribution in [0.3, 0.4) is 0 Å². The van der Waals surface area contributed by atoms with Crippen molar-refractivity contribution in [2.45, 2.75) is 12.2 Å². The van der Waals surface area contributed by atoms with Crippen molar-refractivity contribution in [3.63, 3.8) is 0 Å². The standard InChI is InChI=1S/C13H22N4O4/c1-14-10-11(17(18)19)12(15-2-6-20-7-3-15)13(14)16-4-8-21-9-5-16/h10,12-13H,2-9H2,1H3/t12-,13-/m0/s1. The summed E-state index contributed by atoms with van der Waals surface area (Å²) in [7, 11) is 1.92. The third-order valence-corrected chi connectivity index (χ3v) is 4.41. The molecule has 0 N–H and O–H groups in total. The van der Waals surface area contributed by atoms with Gasteiger partial charge in [0.05, 0.1) is 37.6 Å². The van der Waals surface area contributed by atoms with Gasteiger partial charge in [-0.1, -0.05) is 0 Å². The first-order valence-corrected chi connectivity index (χ1v) is 7.40. The van der Waals surface area contributed by atoms with Gasteiger partial charge in [-0.05, 0) is 0 Å². The zero-order valence-electron chi connectivity index (χ0n) is 12.3. The van der Waals surface area contributed by atoms with Crippen LogP contribution in [-0.2, 0) is 9.47 Å². The van der Waals surface area contributed by atoms with Gasteiger partial charge >= 0.3 is 0 Å². The molecule has 0 aromatic carbocycles. The van der Waals surface area contributed by atoms with Crippen molar-refractivity contribution in [3.05, 3.63) is 22.0 Å². The number of nitro groups is 1. The molecule has 0 radical (unpaired) electrons. The average Bonchev–Trinajstić information content (AvgIpc) is 2.87. The maximum absolute atomic E-state index is 11.4. The van der Waals surface area contributed by atoms with E-state index in [1.807, 2.05) is 11.9 Å². The number of nitrogens with zero attached hydrogens (tertiary/aromatic N) is 4. The summed E-state index contributed by atoms with van der Waals surface area (Å²) >= 11 is 0. The second kappa shape index (κ2) is 6.27. The summed E-state index contributed by atoms with van der Waals surface area (Å²) in [6, 6.07) is -0.202. The van der Waals surface area contributed by atoms with E-state index < -0.39 is 0 Å². The normalized spacial score (nSPS) is 32.2. The summed E-state index contributed by atoms with van der Waals surface area (Å²) in [6.45, 7) is 5.77. The van der Waals surface area contributed by atoms with Crippen LogP contribution < -0.4 is 0 Å². The summed E-state index contributed by atoms with van der Waals surface area (Å²) in [5.41, 5.74) is 0.288. The third-order valence-electron chi connectivity index (χ3n) is 4.41. The fourth-order valence-corrected chi connectivity index (χ4v) is 3.42. The Bertz CT molecular complexity index is 418. The predicted octanol–water partition coefficient (Wildman–Crippen LogP) is -0.591. The Morgan fingerprint density at radius 1 is 1.10 bits per heavy atom. The van der Waals surface area contributed by atoms with Crippen molar-refractivity contribution in [1.82, 2.24) is 14.7 Å². The Kier molecular flexibility index (Phi) is 4.39. The Balaban J connectivity index is 1.83. The summed E-state index contributed by atoms with van der Waals surface area (Å²) < 4.78 is 10.8. The highest BCUT2D eigenvalue weighted by Gasteiger charge is 2.47. The molecule has 0 aromatic heterocycles. The molecule has 2 atom stereocenters. The zero-order valence-corrected chi connectivity index (χ0v) is 12.3. The van der Waals surface area contributed by atoms with E-state index in [0.29, 0.717) is 26.4 Å². The van der Waals surface area contributed by atoms with E-state index >= 15 is 0 Å². The minimum atomic E-state index is -0.239. The van der Waals surface area contributed by atoms with E-state index in [2.05, 4.69) is 9.80 Å². The zero-order chi connectivity index (χ0) is 14.8. The molecule has 0 amide bonds. The van der Waals surface area contributed by atoms with Crippen LogP contribution in [-0.4, -0.2) is 91.5 Å². The van der Waals surface area contributed by atoms with Crippen molar-refractivity contribution in [2.24, 2.45) is 0 Å². The average molecular weight is 298 g/mol. The van der Waals surface area contributed by atoms with E-state index in [1.54, 1.807) is 6.20 Å². The van der Waals surface area contributed by atoms with Crippen LogP contribution in [0.4, 0.5) is 0 Å². The highest BCUT2D eigenvalue weighted by Crippen LogP contribution is 2.29. The highest BCUT2D eigenvalue weighted by atomic mass is 16.6. The Morgan fingerprint density at radius 2 is 1.62 bits per heavy atom. The lowest BCUT2D eigenvalue weighted by atomic mass is 10.1. The van der Waals surface area contributed by atoms with E-state index in [1.165, 1.54) is 0 Å². The Labute approximate surface area is 124 Å². The SMILES string of the molecule is CN1C=C([N+](=O)[O-])[C@H](N2CCOCC2)[C@@H]1N1CCOCC1. The van der Waals surface area contributed by atoms with E-state index in [0.717, 1.165) is 26.2 Å². The van der Waals surface area contributed by atoms with Gasteiger partial charge in [-0.3, -0.25) is 19.9 Å². The molecule has 2 fully saturated rings. The van der Waals surface area contributed by atoms with Crippen LogP contribution >= 0.6 is 0 Å². The van der Waals surface area contributed by atoms with Crippen LogP contribution in [0.15, 0.2) is 11.9 Å². The fraction of sp³-hybridized carbons (Fsp3) is 0.846. The van der Waals surface area contributed by atoms with Gasteiger partial charge < -0.3 is 14.4 Å². The summed E-state index contributed by atoms with van der Waals surface area (Å²) in [5, 5.41) is 11.4. The van der Waals surface area contributed by atoms with E-state index in [4.69, 9.17) is 9.47 Å². The van der Waals surface area contributed by atoms with Crippen molar-refractivity contribution in [1.29, 1.82) is 0 Å². The van der Waals surface area contributed by atoms with Gasteiger partial charge in [-0.15, -0.1) is 0 Å². The Morgan fingerprint density at radius 3 is 2.14 bits per heavy atom. The lowest BCUT2D eigenvalue weighted by Gasteiger charge is -2.42. The third kappa shape index (κ3) is 2.89. The first-order chi connectivity index (χ1) is 10.2. The van der Waals surface area contributed by atoms with Gasteiger partial charge in [0, 0.05) is 33.2 Å². The summed E-state index contributed by atoms with van der Waals surface area (Å²) in [5.74, 6) is 0. The smallest absolute Gasteiger partial charge is 0.282 e. The second-order valence-corrected chi connectivity index (χ2v) is 5.63. The van der Waals surface area contributed by atoms with Crippen LogP contribution in [0.5, 0.6) is 0 Å². The van der Waals surface area contributed by atoms with Crippen LogP contribution in [0.25, 0.3) is 0 Å². The molecule has 8 nitrogen and oxygen atoms in total. The Hall–Kier alpha value is -1.22. The van der Waals surface area contributed by atoms with Crippen molar-refractivity contribution in [3.8, 4) is 0 Å². The lowest BCUT2D eigenvalue weighted by molar-refractivity contribution is -0.433. The van der Waals surface area contributed by atoms with Gasteiger partial charge in [-0.25, -0.2) is 0 Å². The first-order valence-electron chi connectivity index (χ1n) is 7.40. The first kappa shape index (κ1) is 14.7. The topological polar surface area (TPSA) is 71.3 Å². The second-order valence-electron chi connectivity index (χ2n) is 5.63. The molecule has 118 valence electrons. The van der Waals surface area contributed by atoms with E-state index in [-0.39, 0.29) is 22.8 Å². The molecular formula is C13H22N4O4. The van der Waals surface area contributed by atoms with Gasteiger partial charge in [-0.2, -0.15) is 0 Å². The number of ether oxygens (including phenoxy) is 2. The van der Waals surface area contributed by atoms with Crippen molar-refractivity contribution >= 4 is 0 Å². The van der Waals surface area contributed by atoms with Gasteiger partial charge in [0.15, 0.2) is 0 Å². The molecule has 21 heavy (non-hydrogen) atoms. The molecular weight excluding hydrogens is 276 g/mol. The van der Waals surface area contributed by atoms with Crippen molar-refractivity contribution < 1.29 is 14.4 Å². The molecule has 3 aliphatic rings. The van der Waals surface area contributed by atoms with Gasteiger partial charge in [0.25, 0.3) is 5.70 Å². The summed E-state index contributed by atoms with van der Waals surface area (Å²) in [6.07, 6.45) is 1.69. The fourth-order valence-electron chi connectivity index (χ4n) is 3.42. The molecule has 2 saturated heterocycles. The largest absolute Gasteiger partial charge is 0.379 e. The molecule has 0 bridgehead atoms. The number of likely N-dealkylation sites (N-methyl/N-ethyl adjacent to an activating group) is 1. The highest BCUT2D eigenvalue weighted by molar-refractivity contribution is 5.15. The minimum Gasteiger partial charge on any atom is -0.379 e. The maximum atomic E-state index is 11.4. The number of rotatable bonds is 3. The number of hydrogen-bond donors (Lipinski definition) is 0. The number of hydrogen-bond acceptors (Lipinski definition) is 7. The van der Waals surface area contributed by atoms with E-state index in [9.17, 15) is 10.1 Å². The molecule has 8 heteroatoms. The minimum absolute atomic E-state index is 0.00685. The predicted molar refractivity (Wildman–Crippen MR) is 75.2 cm³/mol. The van der Waals surface area contributed by atoms with Crippen LogP contribution in [0.2, 0.25) is 0 Å². The molecule has 0 aromatic rings. The molecule has 0 spiro atoms. The van der Waals surface area contributed by atoms with Gasteiger partial charge in [0.1, 0.15) is 12.2 Å². The maximum Gasteiger partial charge on any atom is 0.282 e. The molecule has 0 unspecified atom stereocenters. The van der Waals surface area contributed by atoms with Crippen LogP contribution in [0.1, 0.15) is 0 Å². The van der Waals surface area contributed by atoms with Crippen LogP contribution in [0, 0.1) is 10.1 Å². The summed E-state index contributed by atoms with van der Waals surface area (Å²) in [4.78, 5) is 17.6. The quantitative estimate of drug-likeness (QED) is 0.509. The molecule has 0 saturated carbocycles. The van der Waals surface area contributed by atoms with Gasteiger partial charge in [0.2, 0.25) is 0 Å². The molecule has 3 rings (SSSR count). The molecule has 0 aliphatic carbocycles. The monoisotopic (exact) mass is 298 g/mol.